The van der Waals surface area contributed by atoms with Crippen molar-refractivity contribution in [2.45, 2.75) is 12.8 Å². The van der Waals surface area contributed by atoms with Crippen molar-refractivity contribution in [2.24, 2.45) is 0 Å². The Hall–Kier alpha value is -2.30. The van der Waals surface area contributed by atoms with Gasteiger partial charge in [0.1, 0.15) is 11.3 Å². The SMILES string of the molecule is C=CC(=O)OCCCCOC(=O)c1ccccc1O. The number of hydrogen-bond donors (Lipinski definition) is 1. The molecule has 102 valence electrons. The van der Waals surface area contributed by atoms with Crippen LogP contribution in [0.3, 0.4) is 0 Å². The van der Waals surface area contributed by atoms with Gasteiger partial charge in [-0.05, 0) is 25.0 Å². The Morgan fingerprint density at radius 3 is 2.42 bits per heavy atom. The monoisotopic (exact) mass is 264 g/mol. The lowest BCUT2D eigenvalue weighted by Crippen LogP contribution is -2.08. The van der Waals surface area contributed by atoms with Crippen LogP contribution in [-0.4, -0.2) is 30.3 Å². The van der Waals surface area contributed by atoms with E-state index in [1.807, 2.05) is 0 Å². The molecule has 0 radical (unpaired) electrons. The number of esters is 2. The van der Waals surface area contributed by atoms with Crippen LogP contribution in [0.1, 0.15) is 23.2 Å². The standard InChI is InChI=1S/C14H16O5/c1-2-13(16)18-9-5-6-10-19-14(17)11-7-3-4-8-12(11)15/h2-4,7-8,15H,1,5-6,9-10H2. The number of aromatic hydroxyl groups is 1. The fourth-order valence-electron chi connectivity index (χ4n) is 1.32. The van der Waals surface area contributed by atoms with E-state index in [1.54, 1.807) is 12.1 Å². The van der Waals surface area contributed by atoms with Crippen molar-refractivity contribution in [1.82, 2.24) is 0 Å². The summed E-state index contributed by atoms with van der Waals surface area (Å²) < 4.78 is 9.75. The lowest BCUT2D eigenvalue weighted by molar-refractivity contribution is -0.137. The molecule has 0 aromatic heterocycles. The first-order valence-electron chi connectivity index (χ1n) is 5.89. The largest absolute Gasteiger partial charge is 0.507 e. The Bertz CT molecular complexity index is 453. The van der Waals surface area contributed by atoms with Crippen molar-refractivity contribution in [3.8, 4) is 5.75 Å². The molecule has 0 fully saturated rings. The van der Waals surface area contributed by atoms with Crippen LogP contribution in [0, 0.1) is 0 Å². The number of carbonyl (C=O) groups excluding carboxylic acids is 2. The molecule has 1 N–H and O–H groups in total. The fraction of sp³-hybridized carbons (Fsp3) is 0.286. The van der Waals surface area contributed by atoms with Gasteiger partial charge in [-0.2, -0.15) is 0 Å². The summed E-state index contributed by atoms with van der Waals surface area (Å²) in [7, 11) is 0. The lowest BCUT2D eigenvalue weighted by Gasteiger charge is -2.06. The van der Waals surface area contributed by atoms with Crippen LogP contribution in [-0.2, 0) is 14.3 Å². The second kappa shape index (κ2) is 7.92. The van der Waals surface area contributed by atoms with Crippen LogP contribution in [0.15, 0.2) is 36.9 Å². The van der Waals surface area contributed by atoms with Crippen molar-refractivity contribution in [3.05, 3.63) is 42.5 Å². The third-order valence-corrected chi connectivity index (χ3v) is 2.31. The number of hydrogen-bond acceptors (Lipinski definition) is 5. The molecule has 0 amide bonds. The summed E-state index contributed by atoms with van der Waals surface area (Å²) in [6, 6.07) is 6.18. The molecular weight excluding hydrogens is 248 g/mol. The summed E-state index contributed by atoms with van der Waals surface area (Å²) in [5.41, 5.74) is 0.139. The van der Waals surface area contributed by atoms with E-state index in [0.29, 0.717) is 12.8 Å². The van der Waals surface area contributed by atoms with E-state index in [4.69, 9.17) is 9.47 Å². The van der Waals surface area contributed by atoms with E-state index in [0.717, 1.165) is 6.08 Å². The number of benzene rings is 1. The van der Waals surface area contributed by atoms with Gasteiger partial charge in [0, 0.05) is 6.08 Å². The van der Waals surface area contributed by atoms with Crippen molar-refractivity contribution in [2.75, 3.05) is 13.2 Å². The quantitative estimate of drug-likeness (QED) is 0.463. The molecule has 0 aliphatic heterocycles. The summed E-state index contributed by atoms with van der Waals surface area (Å²) in [5, 5.41) is 9.44. The van der Waals surface area contributed by atoms with Gasteiger partial charge in [0.25, 0.3) is 0 Å². The van der Waals surface area contributed by atoms with Gasteiger partial charge in [0.05, 0.1) is 13.2 Å². The third kappa shape index (κ3) is 5.25. The van der Waals surface area contributed by atoms with Crippen molar-refractivity contribution >= 4 is 11.9 Å². The third-order valence-electron chi connectivity index (χ3n) is 2.31. The van der Waals surface area contributed by atoms with Crippen molar-refractivity contribution in [3.63, 3.8) is 0 Å². The number of rotatable bonds is 7. The molecule has 0 spiro atoms. The molecule has 0 aliphatic rings. The first-order chi connectivity index (χ1) is 9.15. The molecule has 0 saturated carbocycles. The smallest absolute Gasteiger partial charge is 0.341 e. The van der Waals surface area contributed by atoms with Gasteiger partial charge in [-0.15, -0.1) is 0 Å². The highest BCUT2D eigenvalue weighted by Gasteiger charge is 2.10. The Morgan fingerprint density at radius 2 is 1.79 bits per heavy atom. The van der Waals surface area contributed by atoms with E-state index in [-0.39, 0.29) is 24.5 Å². The van der Waals surface area contributed by atoms with Gasteiger partial charge >= 0.3 is 11.9 Å². The number of unbranched alkanes of at least 4 members (excludes halogenated alkanes) is 1. The molecule has 1 aromatic rings. The zero-order chi connectivity index (χ0) is 14.1. The van der Waals surface area contributed by atoms with Crippen LogP contribution in [0.4, 0.5) is 0 Å². The first-order valence-corrected chi connectivity index (χ1v) is 5.89. The minimum atomic E-state index is -0.568. The van der Waals surface area contributed by atoms with Gasteiger partial charge in [-0.1, -0.05) is 18.7 Å². The molecule has 0 saturated heterocycles. The maximum absolute atomic E-state index is 11.6. The molecule has 1 rings (SSSR count). The highest BCUT2D eigenvalue weighted by Crippen LogP contribution is 2.16. The lowest BCUT2D eigenvalue weighted by atomic mass is 10.2. The Kier molecular flexibility index (Phi) is 6.15. The van der Waals surface area contributed by atoms with E-state index >= 15 is 0 Å². The average Bonchev–Trinajstić information content (AvgIpc) is 2.42. The first kappa shape index (κ1) is 14.8. The predicted molar refractivity (Wildman–Crippen MR) is 68.8 cm³/mol. The van der Waals surface area contributed by atoms with Crippen LogP contribution < -0.4 is 0 Å². The molecule has 0 atom stereocenters. The van der Waals surface area contributed by atoms with E-state index in [9.17, 15) is 14.7 Å². The summed E-state index contributed by atoms with van der Waals surface area (Å²) in [5.74, 6) is -1.14. The van der Waals surface area contributed by atoms with Crippen LogP contribution in [0.25, 0.3) is 0 Å². The average molecular weight is 264 g/mol. The number of carbonyl (C=O) groups is 2. The highest BCUT2D eigenvalue weighted by molar-refractivity contribution is 5.92. The molecule has 0 unspecified atom stereocenters. The number of ether oxygens (including phenoxy) is 2. The molecule has 0 heterocycles. The van der Waals surface area contributed by atoms with E-state index < -0.39 is 11.9 Å². The summed E-state index contributed by atoms with van der Waals surface area (Å²) in [6.07, 6.45) is 2.26. The zero-order valence-electron chi connectivity index (χ0n) is 10.5. The Balaban J connectivity index is 2.20. The Labute approximate surface area is 111 Å². The molecule has 0 bridgehead atoms. The van der Waals surface area contributed by atoms with E-state index in [2.05, 4.69) is 6.58 Å². The van der Waals surface area contributed by atoms with Gasteiger partial charge in [0.15, 0.2) is 0 Å². The maximum Gasteiger partial charge on any atom is 0.341 e. The summed E-state index contributed by atoms with van der Waals surface area (Å²) in [4.78, 5) is 22.3. The normalized spacial score (nSPS) is 9.68. The topological polar surface area (TPSA) is 72.8 Å². The van der Waals surface area contributed by atoms with Crippen LogP contribution >= 0.6 is 0 Å². The molecule has 1 aromatic carbocycles. The Morgan fingerprint density at radius 1 is 1.16 bits per heavy atom. The summed E-state index contributed by atoms with van der Waals surface area (Å²) >= 11 is 0. The molecule has 19 heavy (non-hydrogen) atoms. The van der Waals surface area contributed by atoms with Crippen molar-refractivity contribution < 1.29 is 24.2 Å². The number of phenolic OH excluding ortho intramolecular Hbond substituents is 1. The van der Waals surface area contributed by atoms with Gasteiger partial charge in [-0.3, -0.25) is 0 Å². The number of phenols is 1. The van der Waals surface area contributed by atoms with Gasteiger partial charge in [0.2, 0.25) is 0 Å². The molecular formula is C14H16O5. The second-order valence-electron chi connectivity index (χ2n) is 3.73. The zero-order valence-corrected chi connectivity index (χ0v) is 10.5. The highest BCUT2D eigenvalue weighted by atomic mass is 16.5. The predicted octanol–water partition coefficient (Wildman–Crippen LogP) is 2.06. The van der Waals surface area contributed by atoms with Crippen molar-refractivity contribution in [1.29, 1.82) is 0 Å². The molecule has 0 aliphatic carbocycles. The fourth-order valence-corrected chi connectivity index (χ4v) is 1.32. The minimum Gasteiger partial charge on any atom is -0.507 e. The van der Waals surface area contributed by atoms with Gasteiger partial charge < -0.3 is 14.6 Å². The summed E-state index contributed by atoms with van der Waals surface area (Å²) in [6.45, 7) is 3.74. The van der Waals surface area contributed by atoms with Crippen LogP contribution in [0.5, 0.6) is 5.75 Å². The maximum atomic E-state index is 11.6. The number of para-hydroxylation sites is 1. The van der Waals surface area contributed by atoms with Gasteiger partial charge in [-0.25, -0.2) is 9.59 Å². The second-order valence-corrected chi connectivity index (χ2v) is 3.73. The molecule has 5 heteroatoms. The minimum absolute atomic E-state index is 0.104. The molecule has 5 nitrogen and oxygen atoms in total. The van der Waals surface area contributed by atoms with E-state index in [1.165, 1.54) is 12.1 Å². The van der Waals surface area contributed by atoms with Crippen LogP contribution in [0.2, 0.25) is 0 Å².